The summed E-state index contributed by atoms with van der Waals surface area (Å²) in [5, 5.41) is 24.1. The summed E-state index contributed by atoms with van der Waals surface area (Å²) in [7, 11) is 3.62. The highest BCUT2D eigenvalue weighted by Gasteiger charge is 2.39. The Bertz CT molecular complexity index is 869. The molecule has 3 atom stereocenters. The number of nitrogens with one attached hydrogen (secondary N) is 1. The molecule has 2 aromatic rings. The standard InChI is InChI=1S/C17H24N6O3S.CH2O2/c1-10-15(21-27-20-10)16(25)19-13-6-12(7-14(13)24)17(26)22(2)5-4-11-8-18-23(3)9-11;2-1-3/h8-9,12-14,24H,4-7H2,1-3H3,(H,19,25);1H,(H,2,3)/t12-,13+,14+;/m0./s1. The van der Waals surface area contributed by atoms with Crippen LogP contribution in [0.1, 0.15) is 34.6 Å². The first-order chi connectivity index (χ1) is 14.3. The Morgan fingerprint density at radius 2 is 2.10 bits per heavy atom. The van der Waals surface area contributed by atoms with Crippen molar-refractivity contribution in [3.63, 3.8) is 0 Å². The minimum Gasteiger partial charge on any atom is -0.483 e. The maximum atomic E-state index is 12.7. The van der Waals surface area contributed by atoms with Crippen LogP contribution in [0.15, 0.2) is 12.4 Å². The Kier molecular flexibility index (Phi) is 8.42. The maximum Gasteiger partial charge on any atom is 0.290 e. The van der Waals surface area contributed by atoms with Gasteiger partial charge in [0, 0.05) is 32.8 Å². The van der Waals surface area contributed by atoms with Crippen LogP contribution in [-0.2, 0) is 23.1 Å². The smallest absolute Gasteiger partial charge is 0.290 e. The molecule has 1 saturated carbocycles. The quantitative estimate of drug-likeness (QED) is 0.527. The first-order valence-corrected chi connectivity index (χ1v) is 10.1. The van der Waals surface area contributed by atoms with Crippen molar-refractivity contribution in [1.29, 1.82) is 0 Å². The molecule has 0 radical (unpaired) electrons. The third-order valence-electron chi connectivity index (χ3n) is 4.93. The van der Waals surface area contributed by atoms with Crippen molar-refractivity contribution >= 4 is 30.0 Å². The first-order valence-electron chi connectivity index (χ1n) is 9.35. The van der Waals surface area contributed by atoms with Gasteiger partial charge in [-0.1, -0.05) is 0 Å². The van der Waals surface area contributed by atoms with Crippen LogP contribution in [0.2, 0.25) is 0 Å². The lowest BCUT2D eigenvalue weighted by molar-refractivity contribution is -0.134. The van der Waals surface area contributed by atoms with E-state index in [1.165, 1.54) is 0 Å². The fourth-order valence-corrected chi connectivity index (χ4v) is 3.91. The third-order valence-corrected chi connectivity index (χ3v) is 5.55. The van der Waals surface area contributed by atoms with Crippen LogP contribution in [0, 0.1) is 12.8 Å². The highest BCUT2D eigenvalue weighted by atomic mass is 32.1. The molecule has 0 aromatic carbocycles. The summed E-state index contributed by atoms with van der Waals surface area (Å²) in [5.41, 5.74) is 1.91. The molecule has 164 valence electrons. The van der Waals surface area contributed by atoms with Gasteiger partial charge in [0.05, 0.1) is 35.8 Å². The Hall–Kier alpha value is -2.86. The molecule has 2 amide bonds. The van der Waals surface area contributed by atoms with Gasteiger partial charge in [0.1, 0.15) is 0 Å². The highest BCUT2D eigenvalue weighted by Crippen LogP contribution is 2.28. The van der Waals surface area contributed by atoms with Gasteiger partial charge in [0.2, 0.25) is 5.91 Å². The van der Waals surface area contributed by atoms with Crippen molar-refractivity contribution in [1.82, 2.24) is 28.7 Å². The second-order valence-corrected chi connectivity index (χ2v) is 7.68. The van der Waals surface area contributed by atoms with E-state index in [-0.39, 0.29) is 29.9 Å². The topological polar surface area (TPSA) is 151 Å². The predicted molar refractivity (Wildman–Crippen MR) is 108 cm³/mol. The zero-order valence-electron chi connectivity index (χ0n) is 17.1. The van der Waals surface area contributed by atoms with Gasteiger partial charge < -0.3 is 20.4 Å². The van der Waals surface area contributed by atoms with Gasteiger partial charge in [-0.25, -0.2) is 0 Å². The maximum absolute atomic E-state index is 12.7. The van der Waals surface area contributed by atoms with Crippen molar-refractivity contribution in [2.45, 2.75) is 38.3 Å². The minimum absolute atomic E-state index is 0.0128. The average molecular weight is 439 g/mol. The molecule has 1 aliphatic rings. The molecule has 0 saturated heterocycles. The van der Waals surface area contributed by atoms with E-state index in [2.05, 4.69) is 19.2 Å². The molecule has 2 aromatic heterocycles. The summed E-state index contributed by atoms with van der Waals surface area (Å²) in [6.45, 7) is 2.05. The Morgan fingerprint density at radius 1 is 1.40 bits per heavy atom. The van der Waals surface area contributed by atoms with Crippen molar-refractivity contribution < 1.29 is 24.6 Å². The number of hydrogen-bond acceptors (Lipinski definition) is 8. The Morgan fingerprint density at radius 3 is 2.67 bits per heavy atom. The molecule has 3 rings (SSSR count). The van der Waals surface area contributed by atoms with Gasteiger partial charge in [0.25, 0.3) is 12.4 Å². The third kappa shape index (κ3) is 6.07. The largest absolute Gasteiger partial charge is 0.483 e. The van der Waals surface area contributed by atoms with Crippen LogP contribution >= 0.6 is 11.7 Å². The van der Waals surface area contributed by atoms with Crippen molar-refractivity contribution in [3.8, 4) is 0 Å². The van der Waals surface area contributed by atoms with Crippen LogP contribution in [-0.4, -0.2) is 77.7 Å². The van der Waals surface area contributed by atoms with Gasteiger partial charge in [-0.05, 0) is 31.7 Å². The van der Waals surface area contributed by atoms with E-state index in [9.17, 15) is 14.7 Å². The van der Waals surface area contributed by atoms with E-state index in [1.54, 1.807) is 29.7 Å². The molecule has 3 N–H and O–H groups in total. The molecule has 12 heteroatoms. The summed E-state index contributed by atoms with van der Waals surface area (Å²) in [5.74, 6) is -0.677. The number of amides is 2. The van der Waals surface area contributed by atoms with E-state index >= 15 is 0 Å². The summed E-state index contributed by atoms with van der Waals surface area (Å²) < 4.78 is 9.69. The zero-order chi connectivity index (χ0) is 22.3. The van der Waals surface area contributed by atoms with Crippen LogP contribution in [0.5, 0.6) is 0 Å². The van der Waals surface area contributed by atoms with Crippen molar-refractivity contribution in [2.75, 3.05) is 13.6 Å². The van der Waals surface area contributed by atoms with Gasteiger partial charge in [-0.2, -0.15) is 13.8 Å². The molecule has 0 unspecified atom stereocenters. The summed E-state index contributed by atoms with van der Waals surface area (Å²) in [6.07, 6.45) is 4.45. The molecule has 2 heterocycles. The van der Waals surface area contributed by atoms with Crippen molar-refractivity contribution in [2.24, 2.45) is 13.0 Å². The SMILES string of the molecule is Cc1nsnc1C(=O)N[C@@H]1C[C@H](C(=O)N(C)CCc2cnn(C)c2)C[C@H]1O.O=CO. The minimum atomic E-state index is -0.749. The summed E-state index contributed by atoms with van der Waals surface area (Å²) in [4.78, 5) is 35.0. The first kappa shape index (κ1) is 23.4. The Labute approximate surface area is 178 Å². The van der Waals surface area contributed by atoms with Gasteiger partial charge >= 0.3 is 0 Å². The van der Waals surface area contributed by atoms with Gasteiger partial charge in [0.15, 0.2) is 5.69 Å². The van der Waals surface area contributed by atoms with Gasteiger partial charge in [-0.3, -0.25) is 19.1 Å². The zero-order valence-corrected chi connectivity index (χ0v) is 17.9. The number of aliphatic hydroxyl groups is 1. The molecular weight excluding hydrogens is 412 g/mol. The number of nitrogens with zero attached hydrogens (tertiary/aromatic N) is 5. The predicted octanol–water partition coefficient (Wildman–Crippen LogP) is -0.149. The second kappa shape index (κ2) is 10.8. The molecule has 0 spiro atoms. The lowest BCUT2D eigenvalue weighted by atomic mass is 10.1. The fourth-order valence-electron chi connectivity index (χ4n) is 3.37. The lowest BCUT2D eigenvalue weighted by Gasteiger charge is -2.21. The normalized spacial score (nSPS) is 20.2. The number of aliphatic hydroxyl groups excluding tert-OH is 1. The van der Waals surface area contributed by atoms with E-state index in [0.717, 1.165) is 23.7 Å². The van der Waals surface area contributed by atoms with Crippen LogP contribution in [0.3, 0.4) is 0 Å². The molecule has 11 nitrogen and oxygen atoms in total. The van der Waals surface area contributed by atoms with Gasteiger partial charge in [-0.15, -0.1) is 0 Å². The molecule has 0 bridgehead atoms. The molecule has 30 heavy (non-hydrogen) atoms. The number of aromatic nitrogens is 4. The number of aryl methyl sites for hydroxylation is 2. The number of carbonyl (C=O) groups is 3. The average Bonchev–Trinajstić information content (AvgIpc) is 3.41. The van der Waals surface area contributed by atoms with E-state index in [0.29, 0.717) is 25.1 Å². The van der Waals surface area contributed by atoms with E-state index < -0.39 is 12.1 Å². The number of carbonyl (C=O) groups excluding carboxylic acids is 2. The van der Waals surface area contributed by atoms with Crippen LogP contribution < -0.4 is 5.32 Å². The van der Waals surface area contributed by atoms with Crippen LogP contribution in [0.25, 0.3) is 0 Å². The molecular formula is C18H26N6O5S. The monoisotopic (exact) mass is 438 g/mol. The lowest BCUT2D eigenvalue weighted by Crippen LogP contribution is -2.40. The summed E-state index contributed by atoms with van der Waals surface area (Å²) >= 11 is 0.978. The van der Waals surface area contributed by atoms with Crippen molar-refractivity contribution in [3.05, 3.63) is 29.3 Å². The van der Waals surface area contributed by atoms with Crippen LogP contribution in [0.4, 0.5) is 0 Å². The number of hydrogen-bond donors (Lipinski definition) is 3. The second-order valence-electron chi connectivity index (χ2n) is 7.15. The molecule has 0 aliphatic heterocycles. The van der Waals surface area contributed by atoms with E-state index in [4.69, 9.17) is 9.90 Å². The molecule has 1 fully saturated rings. The number of likely N-dealkylation sites (N-methyl/N-ethyl adjacent to an activating group) is 1. The summed E-state index contributed by atoms with van der Waals surface area (Å²) in [6, 6.07) is -0.459. The highest BCUT2D eigenvalue weighted by molar-refractivity contribution is 6.99. The van der Waals surface area contributed by atoms with E-state index in [1.807, 2.05) is 13.2 Å². The Balaban J connectivity index is 0.00000101. The molecule has 1 aliphatic carbocycles. The fraction of sp³-hybridized carbons (Fsp3) is 0.556. The number of carboxylic acid groups (broad SMARTS) is 1. The number of rotatable bonds is 6.